The second kappa shape index (κ2) is 5.98. The van der Waals surface area contributed by atoms with Crippen LogP contribution in [0.5, 0.6) is 0 Å². The molecule has 0 saturated heterocycles. The number of rotatable bonds is 6. The van der Waals surface area contributed by atoms with Crippen LogP contribution in [0.4, 0.5) is 0 Å². The minimum Gasteiger partial charge on any atom is -0.461 e. The summed E-state index contributed by atoms with van der Waals surface area (Å²) < 4.78 is 5.39. The van der Waals surface area contributed by atoms with E-state index in [0.29, 0.717) is 11.7 Å². The summed E-state index contributed by atoms with van der Waals surface area (Å²) in [4.78, 5) is 9.22. The standard InChI is InChI=1S/C17H23N3O/c1-11(10-18-14-6-7-14)9-15-12(2)19-17(20-13(15)3)16-5-4-8-21-16/h4-5,8,11,14,18H,6-7,9-10H2,1-3H3. The smallest absolute Gasteiger partial charge is 0.196 e. The van der Waals surface area contributed by atoms with Crippen LogP contribution >= 0.6 is 0 Å². The monoisotopic (exact) mass is 285 g/mol. The molecule has 2 aromatic rings. The van der Waals surface area contributed by atoms with Gasteiger partial charge in [-0.15, -0.1) is 0 Å². The van der Waals surface area contributed by atoms with Gasteiger partial charge in [-0.3, -0.25) is 0 Å². The van der Waals surface area contributed by atoms with Crippen LogP contribution in [0.25, 0.3) is 11.6 Å². The molecule has 3 rings (SSSR count). The zero-order chi connectivity index (χ0) is 14.8. The Morgan fingerprint density at radius 3 is 2.57 bits per heavy atom. The summed E-state index contributed by atoms with van der Waals surface area (Å²) in [5.74, 6) is 2.01. The molecule has 0 aliphatic heterocycles. The van der Waals surface area contributed by atoms with Crippen molar-refractivity contribution in [1.82, 2.24) is 15.3 Å². The van der Waals surface area contributed by atoms with Crippen molar-refractivity contribution < 1.29 is 4.42 Å². The van der Waals surface area contributed by atoms with Gasteiger partial charge in [0.2, 0.25) is 0 Å². The molecule has 0 amide bonds. The fourth-order valence-corrected chi connectivity index (χ4v) is 2.63. The fourth-order valence-electron chi connectivity index (χ4n) is 2.63. The molecule has 2 heterocycles. The van der Waals surface area contributed by atoms with Gasteiger partial charge in [-0.1, -0.05) is 6.92 Å². The maximum absolute atomic E-state index is 5.39. The average Bonchev–Trinajstić information content (AvgIpc) is 3.12. The molecule has 2 aromatic heterocycles. The first-order valence-electron chi connectivity index (χ1n) is 7.75. The van der Waals surface area contributed by atoms with Gasteiger partial charge in [0.1, 0.15) is 0 Å². The van der Waals surface area contributed by atoms with Gasteiger partial charge in [0.05, 0.1) is 6.26 Å². The van der Waals surface area contributed by atoms with Crippen molar-refractivity contribution in [2.45, 2.75) is 46.1 Å². The molecule has 0 bridgehead atoms. The van der Waals surface area contributed by atoms with Crippen LogP contribution in [-0.2, 0) is 6.42 Å². The van der Waals surface area contributed by atoms with E-state index < -0.39 is 0 Å². The highest BCUT2D eigenvalue weighted by molar-refractivity contribution is 5.48. The summed E-state index contributed by atoms with van der Waals surface area (Å²) in [5.41, 5.74) is 3.40. The Labute approximate surface area is 126 Å². The Hall–Kier alpha value is -1.68. The van der Waals surface area contributed by atoms with Crippen LogP contribution in [-0.4, -0.2) is 22.6 Å². The Morgan fingerprint density at radius 1 is 1.29 bits per heavy atom. The summed E-state index contributed by atoms with van der Waals surface area (Å²) in [6, 6.07) is 4.53. The van der Waals surface area contributed by atoms with Crippen molar-refractivity contribution in [2.75, 3.05) is 6.54 Å². The molecule has 1 N–H and O–H groups in total. The third-order valence-electron chi connectivity index (χ3n) is 4.05. The van der Waals surface area contributed by atoms with Gasteiger partial charge >= 0.3 is 0 Å². The molecule has 1 fully saturated rings. The van der Waals surface area contributed by atoms with E-state index in [0.717, 1.165) is 36.2 Å². The van der Waals surface area contributed by atoms with Crippen molar-refractivity contribution in [1.29, 1.82) is 0 Å². The van der Waals surface area contributed by atoms with Crippen molar-refractivity contribution in [3.63, 3.8) is 0 Å². The normalized spacial score (nSPS) is 16.1. The molecule has 1 atom stereocenters. The molecule has 1 aliphatic rings. The van der Waals surface area contributed by atoms with Crippen LogP contribution < -0.4 is 5.32 Å². The minimum absolute atomic E-state index is 0.598. The maximum Gasteiger partial charge on any atom is 0.196 e. The lowest BCUT2D eigenvalue weighted by molar-refractivity contribution is 0.505. The van der Waals surface area contributed by atoms with E-state index in [1.165, 1.54) is 18.4 Å². The van der Waals surface area contributed by atoms with E-state index in [2.05, 4.69) is 36.1 Å². The predicted molar refractivity (Wildman–Crippen MR) is 83.1 cm³/mol. The van der Waals surface area contributed by atoms with E-state index in [1.807, 2.05) is 12.1 Å². The van der Waals surface area contributed by atoms with E-state index in [4.69, 9.17) is 4.42 Å². The summed E-state index contributed by atoms with van der Waals surface area (Å²) >= 11 is 0. The molecule has 21 heavy (non-hydrogen) atoms. The molecule has 4 heteroatoms. The summed E-state index contributed by atoms with van der Waals surface area (Å²) in [5, 5.41) is 3.59. The van der Waals surface area contributed by atoms with Gasteiger partial charge in [-0.05, 0) is 63.3 Å². The SMILES string of the molecule is Cc1nc(-c2ccco2)nc(C)c1CC(C)CNC1CC1. The first-order chi connectivity index (χ1) is 10.1. The number of furan rings is 1. The molecular weight excluding hydrogens is 262 g/mol. The number of hydrogen-bond donors (Lipinski definition) is 1. The lowest BCUT2D eigenvalue weighted by Crippen LogP contribution is -2.24. The molecule has 112 valence electrons. The average molecular weight is 285 g/mol. The Morgan fingerprint density at radius 2 is 2.00 bits per heavy atom. The van der Waals surface area contributed by atoms with E-state index in [-0.39, 0.29) is 0 Å². The highest BCUT2D eigenvalue weighted by Crippen LogP contribution is 2.22. The van der Waals surface area contributed by atoms with Crippen molar-refractivity contribution in [2.24, 2.45) is 5.92 Å². The lowest BCUT2D eigenvalue weighted by atomic mass is 9.98. The van der Waals surface area contributed by atoms with Crippen LogP contribution in [0.2, 0.25) is 0 Å². The van der Waals surface area contributed by atoms with Crippen molar-refractivity contribution in [3.05, 3.63) is 35.3 Å². The maximum atomic E-state index is 5.39. The molecule has 0 radical (unpaired) electrons. The molecular formula is C17H23N3O. The Balaban J connectivity index is 1.72. The predicted octanol–water partition coefficient (Wildman–Crippen LogP) is 3.28. The summed E-state index contributed by atoms with van der Waals surface area (Å²) in [6.07, 6.45) is 5.36. The van der Waals surface area contributed by atoms with E-state index in [1.54, 1.807) is 6.26 Å². The number of aromatic nitrogens is 2. The Kier molecular flexibility index (Phi) is 4.06. The number of nitrogens with one attached hydrogen (secondary N) is 1. The second-order valence-electron chi connectivity index (χ2n) is 6.17. The molecule has 0 spiro atoms. The van der Waals surface area contributed by atoms with Gasteiger partial charge < -0.3 is 9.73 Å². The van der Waals surface area contributed by atoms with Gasteiger partial charge in [-0.25, -0.2) is 9.97 Å². The first-order valence-corrected chi connectivity index (χ1v) is 7.75. The summed E-state index contributed by atoms with van der Waals surface area (Å²) in [6.45, 7) is 7.49. The molecule has 4 nitrogen and oxygen atoms in total. The highest BCUT2D eigenvalue weighted by Gasteiger charge is 2.21. The topological polar surface area (TPSA) is 51.0 Å². The van der Waals surface area contributed by atoms with Crippen LogP contribution in [0.1, 0.15) is 36.7 Å². The lowest BCUT2D eigenvalue weighted by Gasteiger charge is -2.15. The summed E-state index contributed by atoms with van der Waals surface area (Å²) in [7, 11) is 0. The first kappa shape index (κ1) is 14.3. The largest absolute Gasteiger partial charge is 0.461 e. The highest BCUT2D eigenvalue weighted by atomic mass is 16.3. The molecule has 1 aliphatic carbocycles. The zero-order valence-corrected chi connectivity index (χ0v) is 13.0. The second-order valence-corrected chi connectivity index (χ2v) is 6.17. The Bertz CT molecular complexity index is 579. The third-order valence-corrected chi connectivity index (χ3v) is 4.05. The molecule has 1 saturated carbocycles. The number of nitrogens with zero attached hydrogens (tertiary/aromatic N) is 2. The van der Waals surface area contributed by atoms with Gasteiger partial charge in [-0.2, -0.15) is 0 Å². The van der Waals surface area contributed by atoms with Crippen LogP contribution in [0.15, 0.2) is 22.8 Å². The number of hydrogen-bond acceptors (Lipinski definition) is 4. The van der Waals surface area contributed by atoms with E-state index >= 15 is 0 Å². The van der Waals surface area contributed by atoms with Gasteiger partial charge in [0, 0.05) is 17.4 Å². The minimum atomic E-state index is 0.598. The quantitative estimate of drug-likeness (QED) is 0.885. The fraction of sp³-hybridized carbons (Fsp3) is 0.529. The van der Waals surface area contributed by atoms with Crippen molar-refractivity contribution >= 4 is 0 Å². The van der Waals surface area contributed by atoms with Gasteiger partial charge in [0.25, 0.3) is 0 Å². The molecule has 0 aromatic carbocycles. The van der Waals surface area contributed by atoms with Crippen LogP contribution in [0, 0.1) is 19.8 Å². The third kappa shape index (κ3) is 3.50. The van der Waals surface area contributed by atoms with E-state index in [9.17, 15) is 0 Å². The molecule has 1 unspecified atom stereocenters. The zero-order valence-electron chi connectivity index (χ0n) is 13.0. The van der Waals surface area contributed by atoms with Crippen LogP contribution in [0.3, 0.4) is 0 Å². The van der Waals surface area contributed by atoms with Crippen molar-refractivity contribution in [3.8, 4) is 11.6 Å². The number of aryl methyl sites for hydroxylation is 2. The van der Waals surface area contributed by atoms with Gasteiger partial charge in [0.15, 0.2) is 11.6 Å².